The minimum absolute atomic E-state index is 0. The molecule has 1 rings (SSSR count). The first-order chi connectivity index (χ1) is 8.26. The molecule has 0 amide bonds. The molecule has 18 heavy (non-hydrogen) atoms. The molecule has 1 atom stereocenters. The first kappa shape index (κ1) is 18.0. The van der Waals surface area contributed by atoms with Gasteiger partial charge in [0.05, 0.1) is 0 Å². The topological polar surface area (TPSA) is 39.7 Å². The third-order valence-corrected chi connectivity index (χ3v) is 3.12. The fourth-order valence-electron chi connectivity index (χ4n) is 2.23. The molecule has 0 aromatic rings. The Morgan fingerprint density at radius 1 is 1.33 bits per heavy atom. The third-order valence-electron chi connectivity index (χ3n) is 3.12. The van der Waals surface area contributed by atoms with E-state index < -0.39 is 0 Å². The molecule has 0 aromatic carbocycles. The Labute approximate surface area is 129 Å². The quantitative estimate of drug-likeness (QED) is 0.443. The Bertz CT molecular complexity index is 233. The van der Waals surface area contributed by atoms with Crippen LogP contribution in [0.2, 0.25) is 0 Å². The van der Waals surface area contributed by atoms with E-state index in [1.807, 2.05) is 0 Å². The van der Waals surface area contributed by atoms with Crippen molar-refractivity contribution in [3.05, 3.63) is 0 Å². The largest absolute Gasteiger partial charge is 0.357 e. The fraction of sp³-hybridized carbons (Fsp3) is 0.923. The number of rotatable bonds is 5. The summed E-state index contributed by atoms with van der Waals surface area (Å²) in [6.45, 7) is 9.59. The maximum absolute atomic E-state index is 4.68. The number of guanidine groups is 1. The molecular formula is C13H29IN4. The minimum Gasteiger partial charge on any atom is -0.357 e. The van der Waals surface area contributed by atoms with E-state index in [0.29, 0.717) is 0 Å². The van der Waals surface area contributed by atoms with Crippen molar-refractivity contribution < 1.29 is 0 Å². The third kappa shape index (κ3) is 7.41. The van der Waals surface area contributed by atoms with Crippen molar-refractivity contribution in [3.63, 3.8) is 0 Å². The molecular weight excluding hydrogens is 339 g/mol. The first-order valence-electron chi connectivity index (χ1n) is 6.97. The Morgan fingerprint density at radius 3 is 2.72 bits per heavy atom. The van der Waals surface area contributed by atoms with Crippen LogP contribution in [-0.2, 0) is 0 Å². The summed E-state index contributed by atoms with van der Waals surface area (Å²) in [5.74, 6) is 1.70. The molecule has 0 aromatic heterocycles. The van der Waals surface area contributed by atoms with E-state index in [-0.39, 0.29) is 24.0 Å². The van der Waals surface area contributed by atoms with E-state index in [4.69, 9.17) is 0 Å². The zero-order valence-corrected chi connectivity index (χ0v) is 14.4. The second-order valence-corrected chi connectivity index (χ2v) is 4.92. The summed E-state index contributed by atoms with van der Waals surface area (Å²) in [6, 6.07) is 0. The molecule has 2 N–H and O–H groups in total. The summed E-state index contributed by atoms with van der Waals surface area (Å²) in [4.78, 5) is 7.09. The Balaban J connectivity index is 0.00000289. The maximum Gasteiger partial charge on any atom is 0.191 e. The Hall–Kier alpha value is -0.0400. The molecule has 1 aliphatic rings. The number of likely N-dealkylation sites (tertiary alicyclic amines) is 1. The van der Waals surface area contributed by atoms with Gasteiger partial charge in [-0.15, -0.1) is 24.0 Å². The highest BCUT2D eigenvalue weighted by Gasteiger charge is 2.16. The normalized spacial score (nSPS) is 21.3. The van der Waals surface area contributed by atoms with Crippen molar-refractivity contribution in [1.29, 1.82) is 0 Å². The molecule has 4 nitrogen and oxygen atoms in total. The van der Waals surface area contributed by atoms with E-state index in [0.717, 1.165) is 37.9 Å². The Morgan fingerprint density at radius 2 is 2.11 bits per heavy atom. The Kier molecular flexibility index (Phi) is 10.8. The van der Waals surface area contributed by atoms with Crippen LogP contribution >= 0.6 is 24.0 Å². The summed E-state index contributed by atoms with van der Waals surface area (Å²) in [7, 11) is 2.20. The lowest BCUT2D eigenvalue weighted by Gasteiger charge is -2.28. The van der Waals surface area contributed by atoms with Crippen LogP contribution in [0.3, 0.4) is 0 Å². The first-order valence-corrected chi connectivity index (χ1v) is 6.97. The summed E-state index contributed by atoms with van der Waals surface area (Å²) in [5.41, 5.74) is 0. The number of nitrogens with one attached hydrogen (secondary N) is 2. The van der Waals surface area contributed by atoms with Gasteiger partial charge >= 0.3 is 0 Å². The molecule has 1 aliphatic heterocycles. The van der Waals surface area contributed by atoms with Gasteiger partial charge in [-0.3, -0.25) is 4.99 Å². The van der Waals surface area contributed by atoms with Gasteiger partial charge in [-0.1, -0.05) is 6.92 Å². The van der Waals surface area contributed by atoms with Crippen molar-refractivity contribution >= 4 is 29.9 Å². The molecule has 1 unspecified atom stereocenters. The van der Waals surface area contributed by atoms with Crippen LogP contribution in [0.25, 0.3) is 0 Å². The molecule has 5 heteroatoms. The number of aliphatic imine (C=N–C) groups is 1. The van der Waals surface area contributed by atoms with Crippen LogP contribution in [0.4, 0.5) is 0 Å². The van der Waals surface area contributed by atoms with Crippen LogP contribution in [0, 0.1) is 5.92 Å². The molecule has 1 fully saturated rings. The van der Waals surface area contributed by atoms with Crippen molar-refractivity contribution in [2.24, 2.45) is 10.9 Å². The zero-order valence-electron chi connectivity index (χ0n) is 12.0. The second-order valence-electron chi connectivity index (χ2n) is 4.92. The fourth-order valence-corrected chi connectivity index (χ4v) is 2.23. The smallest absolute Gasteiger partial charge is 0.191 e. The van der Waals surface area contributed by atoms with Crippen LogP contribution in [-0.4, -0.2) is 50.6 Å². The standard InChI is InChI=1S/C13H28N4.HI/c1-4-8-15-13(14-5-2)16-10-12-7-6-9-17(3)11-12;/h12H,4-11H2,1-3H3,(H2,14,15,16);1H. The lowest BCUT2D eigenvalue weighted by Crippen LogP contribution is -2.39. The van der Waals surface area contributed by atoms with Gasteiger partial charge in [0.15, 0.2) is 5.96 Å². The van der Waals surface area contributed by atoms with E-state index >= 15 is 0 Å². The predicted octanol–water partition coefficient (Wildman–Crippen LogP) is 1.91. The molecule has 1 saturated heterocycles. The van der Waals surface area contributed by atoms with Crippen molar-refractivity contribution in [2.45, 2.75) is 33.1 Å². The van der Waals surface area contributed by atoms with E-state index in [1.54, 1.807) is 0 Å². The highest BCUT2D eigenvalue weighted by molar-refractivity contribution is 14.0. The van der Waals surface area contributed by atoms with Crippen molar-refractivity contribution in [2.75, 3.05) is 39.8 Å². The number of hydrogen-bond acceptors (Lipinski definition) is 2. The molecule has 0 aliphatic carbocycles. The van der Waals surface area contributed by atoms with Gasteiger partial charge in [-0.05, 0) is 45.7 Å². The van der Waals surface area contributed by atoms with Crippen molar-refractivity contribution in [3.8, 4) is 0 Å². The lowest BCUT2D eigenvalue weighted by molar-refractivity contribution is 0.214. The summed E-state index contributed by atoms with van der Waals surface area (Å²) >= 11 is 0. The molecule has 0 saturated carbocycles. The minimum atomic E-state index is 0. The summed E-state index contributed by atoms with van der Waals surface area (Å²) < 4.78 is 0. The lowest BCUT2D eigenvalue weighted by atomic mass is 9.99. The van der Waals surface area contributed by atoms with E-state index in [9.17, 15) is 0 Å². The van der Waals surface area contributed by atoms with Gasteiger partial charge in [0.2, 0.25) is 0 Å². The van der Waals surface area contributed by atoms with Crippen LogP contribution in [0.1, 0.15) is 33.1 Å². The molecule has 0 radical (unpaired) electrons. The monoisotopic (exact) mass is 368 g/mol. The van der Waals surface area contributed by atoms with Crippen LogP contribution in [0.15, 0.2) is 4.99 Å². The molecule has 0 bridgehead atoms. The number of nitrogens with zero attached hydrogens (tertiary/aromatic N) is 2. The van der Waals surface area contributed by atoms with E-state index in [2.05, 4.69) is 41.4 Å². The van der Waals surface area contributed by atoms with Gasteiger partial charge in [-0.2, -0.15) is 0 Å². The predicted molar refractivity (Wildman–Crippen MR) is 89.9 cm³/mol. The van der Waals surface area contributed by atoms with E-state index in [1.165, 1.54) is 25.9 Å². The highest BCUT2D eigenvalue weighted by atomic mass is 127. The average molecular weight is 368 g/mol. The van der Waals surface area contributed by atoms with Gasteiger partial charge in [0, 0.05) is 26.2 Å². The van der Waals surface area contributed by atoms with Gasteiger partial charge in [0.25, 0.3) is 0 Å². The van der Waals surface area contributed by atoms with Crippen LogP contribution < -0.4 is 10.6 Å². The number of halogens is 1. The highest BCUT2D eigenvalue weighted by Crippen LogP contribution is 2.14. The summed E-state index contributed by atoms with van der Waals surface area (Å²) in [6.07, 6.45) is 3.77. The summed E-state index contributed by atoms with van der Waals surface area (Å²) in [5, 5.41) is 6.64. The number of piperidine rings is 1. The van der Waals surface area contributed by atoms with Crippen LogP contribution in [0.5, 0.6) is 0 Å². The molecule has 0 spiro atoms. The second kappa shape index (κ2) is 10.8. The number of hydrogen-bond donors (Lipinski definition) is 2. The molecule has 108 valence electrons. The van der Waals surface area contributed by atoms with Gasteiger partial charge in [-0.25, -0.2) is 0 Å². The molecule has 1 heterocycles. The van der Waals surface area contributed by atoms with Crippen molar-refractivity contribution in [1.82, 2.24) is 15.5 Å². The SMILES string of the molecule is CCCNC(=NCC1CCCN(C)C1)NCC.I. The maximum atomic E-state index is 4.68. The zero-order chi connectivity index (χ0) is 12.5. The average Bonchev–Trinajstić information content (AvgIpc) is 2.33. The van der Waals surface area contributed by atoms with Gasteiger partial charge < -0.3 is 15.5 Å². The van der Waals surface area contributed by atoms with Gasteiger partial charge in [0.1, 0.15) is 0 Å².